The highest BCUT2D eigenvalue weighted by Gasteiger charge is 2.17. The van der Waals surface area contributed by atoms with Crippen molar-refractivity contribution in [2.45, 2.75) is 20.3 Å². The Bertz CT molecular complexity index is 715. The van der Waals surface area contributed by atoms with E-state index in [4.69, 9.17) is 11.6 Å². The van der Waals surface area contributed by atoms with Crippen LogP contribution in [0, 0.1) is 6.92 Å². The van der Waals surface area contributed by atoms with E-state index in [1.807, 2.05) is 19.1 Å². The first-order valence-corrected chi connectivity index (χ1v) is 8.49. The minimum absolute atomic E-state index is 0.0390. The lowest BCUT2D eigenvalue weighted by atomic mass is 10.2. The summed E-state index contributed by atoms with van der Waals surface area (Å²) in [7, 11) is 0. The zero-order chi connectivity index (χ0) is 16.8. The first-order valence-electron chi connectivity index (χ1n) is 7.29. The average Bonchev–Trinajstić information content (AvgIpc) is 2.92. The molecule has 0 bridgehead atoms. The van der Waals surface area contributed by atoms with Crippen LogP contribution in [-0.2, 0) is 4.79 Å². The molecule has 0 spiro atoms. The maximum absolute atomic E-state index is 12.2. The van der Waals surface area contributed by atoms with Crippen molar-refractivity contribution >= 4 is 34.8 Å². The minimum atomic E-state index is -0.292. The maximum Gasteiger partial charge on any atom is 0.263 e. The van der Waals surface area contributed by atoms with Gasteiger partial charge in [-0.2, -0.15) is 0 Å². The Hall–Kier alpha value is -1.92. The van der Waals surface area contributed by atoms with Crippen molar-refractivity contribution in [3.8, 4) is 10.6 Å². The minimum Gasteiger partial charge on any atom is -0.355 e. The standard InChI is InChI=1S/C16H18ClN3O2S/c1-3-7-18-13(21)9-19-15(22)14-10(2)20-16(23-14)11-5-4-6-12(17)8-11/h4-6,8H,3,7,9H2,1-2H3,(H,18,21)(H,19,22). The number of carbonyl (C=O) groups is 2. The van der Waals surface area contributed by atoms with Gasteiger partial charge in [-0.3, -0.25) is 9.59 Å². The van der Waals surface area contributed by atoms with Crippen molar-refractivity contribution in [3.05, 3.63) is 39.9 Å². The van der Waals surface area contributed by atoms with E-state index >= 15 is 0 Å². The number of aromatic nitrogens is 1. The fourth-order valence-electron chi connectivity index (χ4n) is 1.92. The second kappa shape index (κ2) is 8.08. The summed E-state index contributed by atoms with van der Waals surface area (Å²) < 4.78 is 0. The number of benzene rings is 1. The Morgan fingerprint density at radius 2 is 2.09 bits per heavy atom. The van der Waals surface area contributed by atoms with Gasteiger partial charge in [-0.05, 0) is 25.5 Å². The maximum atomic E-state index is 12.2. The third kappa shape index (κ3) is 4.77. The predicted molar refractivity (Wildman–Crippen MR) is 92.9 cm³/mol. The summed E-state index contributed by atoms with van der Waals surface area (Å²) in [5.74, 6) is -0.489. The Morgan fingerprint density at radius 3 is 2.78 bits per heavy atom. The van der Waals surface area contributed by atoms with E-state index in [0.717, 1.165) is 17.0 Å². The molecule has 1 heterocycles. The third-order valence-corrected chi connectivity index (χ3v) is 4.50. The zero-order valence-corrected chi connectivity index (χ0v) is 14.6. The van der Waals surface area contributed by atoms with E-state index in [1.165, 1.54) is 11.3 Å². The second-order valence-corrected chi connectivity index (χ2v) is 6.41. The molecule has 2 rings (SSSR count). The van der Waals surface area contributed by atoms with Gasteiger partial charge < -0.3 is 10.6 Å². The van der Waals surface area contributed by atoms with Crippen LogP contribution in [0.25, 0.3) is 10.6 Å². The Labute approximate surface area is 144 Å². The van der Waals surface area contributed by atoms with Crippen molar-refractivity contribution in [2.24, 2.45) is 0 Å². The number of hydrogen-bond acceptors (Lipinski definition) is 4. The number of nitrogens with one attached hydrogen (secondary N) is 2. The molecule has 0 saturated carbocycles. The predicted octanol–water partition coefficient (Wildman–Crippen LogP) is 3.03. The van der Waals surface area contributed by atoms with Gasteiger partial charge in [0.15, 0.2) is 0 Å². The molecule has 2 aromatic rings. The van der Waals surface area contributed by atoms with Crippen LogP contribution in [0.3, 0.4) is 0 Å². The molecule has 0 saturated heterocycles. The number of carbonyl (C=O) groups excluding carboxylic acids is 2. The molecule has 5 nitrogen and oxygen atoms in total. The molecule has 0 aliphatic rings. The van der Waals surface area contributed by atoms with E-state index < -0.39 is 0 Å². The van der Waals surface area contributed by atoms with Crippen LogP contribution >= 0.6 is 22.9 Å². The number of nitrogens with zero attached hydrogens (tertiary/aromatic N) is 1. The van der Waals surface area contributed by atoms with Crippen LogP contribution in [0.4, 0.5) is 0 Å². The number of halogens is 1. The van der Waals surface area contributed by atoms with Gasteiger partial charge >= 0.3 is 0 Å². The fraction of sp³-hybridized carbons (Fsp3) is 0.312. The number of hydrogen-bond donors (Lipinski definition) is 2. The van der Waals surface area contributed by atoms with E-state index in [2.05, 4.69) is 15.6 Å². The van der Waals surface area contributed by atoms with Crippen LogP contribution in [-0.4, -0.2) is 29.9 Å². The first-order chi connectivity index (χ1) is 11.0. The van der Waals surface area contributed by atoms with E-state index in [1.54, 1.807) is 19.1 Å². The van der Waals surface area contributed by atoms with Crippen molar-refractivity contribution in [1.29, 1.82) is 0 Å². The molecule has 0 radical (unpaired) electrons. The van der Waals surface area contributed by atoms with Crippen molar-refractivity contribution in [2.75, 3.05) is 13.1 Å². The number of thiazole rings is 1. The van der Waals surface area contributed by atoms with Crippen LogP contribution in [0.1, 0.15) is 28.7 Å². The van der Waals surface area contributed by atoms with Gasteiger partial charge in [-0.15, -0.1) is 11.3 Å². The Morgan fingerprint density at radius 1 is 1.30 bits per heavy atom. The highest BCUT2D eigenvalue weighted by molar-refractivity contribution is 7.17. The van der Waals surface area contributed by atoms with Crippen molar-refractivity contribution in [1.82, 2.24) is 15.6 Å². The van der Waals surface area contributed by atoms with Crippen molar-refractivity contribution < 1.29 is 9.59 Å². The highest BCUT2D eigenvalue weighted by atomic mass is 35.5. The summed E-state index contributed by atoms with van der Waals surface area (Å²) in [6, 6.07) is 7.32. The molecule has 2 amide bonds. The fourth-order valence-corrected chi connectivity index (χ4v) is 3.09. The molecule has 23 heavy (non-hydrogen) atoms. The van der Waals surface area contributed by atoms with Gasteiger partial charge in [0.1, 0.15) is 9.88 Å². The van der Waals surface area contributed by atoms with Crippen LogP contribution in [0.2, 0.25) is 5.02 Å². The second-order valence-electron chi connectivity index (χ2n) is 4.98. The molecule has 0 unspecified atom stereocenters. The number of rotatable bonds is 6. The molecule has 1 aromatic carbocycles. The Balaban J connectivity index is 2.06. The molecular weight excluding hydrogens is 334 g/mol. The average molecular weight is 352 g/mol. The van der Waals surface area contributed by atoms with Gasteiger partial charge in [0, 0.05) is 17.1 Å². The van der Waals surface area contributed by atoms with Gasteiger partial charge in [-0.1, -0.05) is 30.7 Å². The van der Waals surface area contributed by atoms with Gasteiger partial charge in [-0.25, -0.2) is 4.98 Å². The summed E-state index contributed by atoms with van der Waals surface area (Å²) in [4.78, 5) is 28.7. The van der Waals surface area contributed by atoms with Crippen LogP contribution in [0.5, 0.6) is 0 Å². The van der Waals surface area contributed by atoms with Crippen molar-refractivity contribution in [3.63, 3.8) is 0 Å². The Kier molecular flexibility index (Phi) is 6.12. The molecule has 7 heteroatoms. The summed E-state index contributed by atoms with van der Waals surface area (Å²) in [6.45, 7) is 4.31. The topological polar surface area (TPSA) is 71.1 Å². The normalized spacial score (nSPS) is 10.4. The summed E-state index contributed by atoms with van der Waals surface area (Å²) in [6.07, 6.45) is 0.858. The number of aryl methyl sites for hydroxylation is 1. The zero-order valence-electron chi connectivity index (χ0n) is 13.0. The lowest BCUT2D eigenvalue weighted by Crippen LogP contribution is -2.37. The van der Waals surface area contributed by atoms with E-state index in [0.29, 0.717) is 22.1 Å². The summed E-state index contributed by atoms with van der Waals surface area (Å²) >= 11 is 7.27. The smallest absolute Gasteiger partial charge is 0.263 e. The van der Waals surface area contributed by atoms with E-state index in [-0.39, 0.29) is 18.4 Å². The SMILES string of the molecule is CCCNC(=O)CNC(=O)c1sc(-c2cccc(Cl)c2)nc1C. The molecule has 2 N–H and O–H groups in total. The first kappa shape index (κ1) is 17.4. The van der Waals surface area contributed by atoms with Gasteiger partial charge in [0.25, 0.3) is 5.91 Å². The highest BCUT2D eigenvalue weighted by Crippen LogP contribution is 2.29. The molecule has 0 aliphatic carbocycles. The van der Waals surface area contributed by atoms with Crippen LogP contribution < -0.4 is 10.6 Å². The van der Waals surface area contributed by atoms with Crippen LogP contribution in [0.15, 0.2) is 24.3 Å². The lowest BCUT2D eigenvalue weighted by molar-refractivity contribution is -0.120. The van der Waals surface area contributed by atoms with Gasteiger partial charge in [0.05, 0.1) is 12.2 Å². The molecule has 0 aliphatic heterocycles. The number of amides is 2. The molecule has 0 atom stereocenters. The molecular formula is C16H18ClN3O2S. The monoisotopic (exact) mass is 351 g/mol. The molecule has 122 valence electrons. The summed E-state index contributed by atoms with van der Waals surface area (Å²) in [5.41, 5.74) is 1.50. The summed E-state index contributed by atoms with van der Waals surface area (Å²) in [5, 5.41) is 6.68. The third-order valence-electron chi connectivity index (χ3n) is 3.06. The van der Waals surface area contributed by atoms with E-state index in [9.17, 15) is 9.59 Å². The lowest BCUT2D eigenvalue weighted by Gasteiger charge is -2.04. The largest absolute Gasteiger partial charge is 0.355 e. The van der Waals surface area contributed by atoms with Gasteiger partial charge in [0.2, 0.25) is 5.91 Å². The molecule has 0 fully saturated rings. The molecule has 1 aromatic heterocycles. The quantitative estimate of drug-likeness (QED) is 0.840.